The summed E-state index contributed by atoms with van der Waals surface area (Å²) in [6.07, 6.45) is -3.70. The maximum absolute atomic E-state index is 13.9. The van der Waals surface area contributed by atoms with Crippen LogP contribution >= 0.6 is 10.8 Å². The molecule has 8 nitrogen and oxygen atoms in total. The van der Waals surface area contributed by atoms with E-state index >= 15 is 0 Å². The summed E-state index contributed by atoms with van der Waals surface area (Å²) in [5.41, 5.74) is 3.15. The molecular formula is C34H45F3N4O4S. The lowest BCUT2D eigenvalue weighted by atomic mass is 9.99. The zero-order valence-corrected chi connectivity index (χ0v) is 27.4. The highest BCUT2D eigenvalue weighted by atomic mass is 32.3. The minimum Gasteiger partial charge on any atom is -0.390 e. The molecule has 1 saturated heterocycles. The van der Waals surface area contributed by atoms with Crippen LogP contribution in [-0.4, -0.2) is 64.2 Å². The zero-order valence-electron chi connectivity index (χ0n) is 26.6. The number of benzene rings is 3. The molecule has 1 aliphatic heterocycles. The first-order chi connectivity index (χ1) is 21.8. The normalized spacial score (nSPS) is 16.8. The molecule has 1 heterocycles. The van der Waals surface area contributed by atoms with E-state index in [2.05, 4.69) is 15.5 Å². The highest BCUT2D eigenvalue weighted by Crippen LogP contribution is 2.51. The quantitative estimate of drug-likeness (QED) is 0.140. The molecule has 0 aliphatic carbocycles. The summed E-state index contributed by atoms with van der Waals surface area (Å²) in [5, 5.41) is 17.3. The lowest BCUT2D eigenvalue weighted by Crippen LogP contribution is -2.48. The number of carbonyl (C=O) groups is 1. The number of anilines is 2. The number of rotatable bonds is 13. The third kappa shape index (κ3) is 8.95. The maximum Gasteiger partial charge on any atom is 0.416 e. The molecule has 1 fully saturated rings. The van der Waals surface area contributed by atoms with Crippen LogP contribution in [0.15, 0.2) is 66.7 Å². The van der Waals surface area contributed by atoms with Gasteiger partial charge in [-0.15, -0.1) is 10.8 Å². The van der Waals surface area contributed by atoms with Gasteiger partial charge in [0.05, 0.1) is 29.1 Å². The van der Waals surface area contributed by atoms with Crippen LogP contribution < -0.4 is 19.8 Å². The van der Waals surface area contributed by atoms with Gasteiger partial charge in [0.25, 0.3) is 5.91 Å². The summed E-state index contributed by atoms with van der Waals surface area (Å²) >= 11 is 0. The predicted octanol–water partition coefficient (Wildman–Crippen LogP) is 6.62. The van der Waals surface area contributed by atoms with Crippen molar-refractivity contribution in [2.24, 2.45) is 0 Å². The van der Waals surface area contributed by atoms with Crippen molar-refractivity contribution < 1.29 is 32.2 Å². The lowest BCUT2D eigenvalue weighted by Gasteiger charge is -2.48. The molecule has 12 heteroatoms. The first kappa shape index (κ1) is 35.6. The Hall–Kier alpha value is -3.29. The summed E-state index contributed by atoms with van der Waals surface area (Å²) in [6, 6.07) is 17.2. The lowest BCUT2D eigenvalue weighted by molar-refractivity contribution is -0.137. The summed E-state index contributed by atoms with van der Waals surface area (Å²) in [6.45, 7) is 7.91. The molecule has 2 unspecified atom stereocenters. The molecule has 1 aliphatic rings. The average Bonchev–Trinajstić information content (AvgIpc) is 3.02. The smallest absolute Gasteiger partial charge is 0.390 e. The fourth-order valence-corrected chi connectivity index (χ4v) is 7.56. The van der Waals surface area contributed by atoms with Crippen molar-refractivity contribution in [3.8, 4) is 0 Å². The first-order valence-corrected chi connectivity index (χ1v) is 17.3. The second-order valence-electron chi connectivity index (χ2n) is 11.6. The van der Waals surface area contributed by atoms with Crippen LogP contribution in [-0.2, 0) is 19.1 Å². The summed E-state index contributed by atoms with van der Waals surface area (Å²) in [5.74, 6) is -0.163. The van der Waals surface area contributed by atoms with Gasteiger partial charge in [-0.2, -0.15) is 13.2 Å². The number of alkyl halides is 3. The van der Waals surface area contributed by atoms with Gasteiger partial charge in [0, 0.05) is 44.0 Å². The molecule has 0 aromatic heterocycles. The van der Waals surface area contributed by atoms with E-state index in [1.165, 1.54) is 6.07 Å². The van der Waals surface area contributed by atoms with E-state index in [4.69, 9.17) is 0 Å². The molecule has 0 radical (unpaired) electrons. The average molecular weight is 663 g/mol. The largest absolute Gasteiger partial charge is 0.416 e. The van der Waals surface area contributed by atoms with E-state index in [1.807, 2.05) is 51.1 Å². The second-order valence-corrected chi connectivity index (χ2v) is 13.7. The van der Waals surface area contributed by atoms with Gasteiger partial charge in [-0.05, 0) is 74.9 Å². The Bertz CT molecular complexity index is 1450. The van der Waals surface area contributed by atoms with Crippen LogP contribution in [0.1, 0.15) is 59.3 Å². The predicted molar refractivity (Wildman–Crippen MR) is 180 cm³/mol. The summed E-state index contributed by atoms with van der Waals surface area (Å²) < 4.78 is 63.0. The third-order valence-corrected chi connectivity index (χ3v) is 10.3. The molecule has 1 amide bonds. The number of carbonyl (C=O) groups excluding carboxylic acids is 1. The van der Waals surface area contributed by atoms with Gasteiger partial charge < -0.3 is 20.6 Å². The summed E-state index contributed by atoms with van der Waals surface area (Å²) in [7, 11) is -3.05. The van der Waals surface area contributed by atoms with E-state index < -0.39 is 40.6 Å². The van der Waals surface area contributed by atoms with Crippen molar-refractivity contribution in [3.63, 3.8) is 0 Å². The van der Waals surface area contributed by atoms with Crippen molar-refractivity contribution >= 4 is 28.1 Å². The molecule has 5 N–H and O–H groups in total. The van der Waals surface area contributed by atoms with Gasteiger partial charge in [0.15, 0.2) is 0 Å². The summed E-state index contributed by atoms with van der Waals surface area (Å²) in [4.78, 5) is 16.0. The minimum atomic E-state index is -4.45. The Balaban J connectivity index is 1.59. The fraction of sp³-hybridized carbons (Fsp3) is 0.441. The Morgan fingerprint density at radius 3 is 2.35 bits per heavy atom. The first-order valence-electron chi connectivity index (χ1n) is 15.7. The number of amides is 1. The molecule has 0 bridgehead atoms. The van der Waals surface area contributed by atoms with Crippen LogP contribution in [0.5, 0.6) is 0 Å². The highest BCUT2D eigenvalue weighted by Gasteiger charge is 2.32. The van der Waals surface area contributed by atoms with Gasteiger partial charge in [0.1, 0.15) is 0 Å². The second kappa shape index (κ2) is 15.5. The van der Waals surface area contributed by atoms with Crippen molar-refractivity contribution in [2.75, 3.05) is 41.1 Å². The number of nitrogens with zero attached hydrogens (tertiary/aromatic N) is 2. The number of nitrogens with one attached hydrogen (secondary N) is 2. The molecule has 4 rings (SSSR count). The minimum absolute atomic E-state index is 0.0204. The molecule has 3 aromatic rings. The van der Waals surface area contributed by atoms with Crippen LogP contribution in [0.4, 0.5) is 24.5 Å². The monoisotopic (exact) mass is 662 g/mol. The van der Waals surface area contributed by atoms with Gasteiger partial charge in [0.2, 0.25) is 0 Å². The van der Waals surface area contributed by atoms with E-state index in [9.17, 15) is 32.2 Å². The Morgan fingerprint density at radius 1 is 1.00 bits per heavy atom. The Kier molecular flexibility index (Phi) is 12.0. The van der Waals surface area contributed by atoms with Gasteiger partial charge in [-0.25, -0.2) is 0 Å². The standard InChI is InChI=1S/C34H45F3N4O4S/c1-4-40(5-2)30-20-27(21-31(24(30)3)41-16-9-10-17-46(41,44)45)33(43)39-29(19-25-12-7-6-8-13-25)32(42)23-38-22-26-14-11-15-28(18-26)34(35,36)37/h6-8,11-15,18,20-21,29,32,38,42,44-45H,4-5,9-10,16-17,19,22-23H2,1-3H3,(H,39,43). The number of halogens is 3. The van der Waals surface area contributed by atoms with Crippen molar-refractivity contribution in [1.82, 2.24) is 10.6 Å². The molecular weight excluding hydrogens is 617 g/mol. The fourth-order valence-electron chi connectivity index (χ4n) is 5.82. The number of aliphatic hydroxyl groups excluding tert-OH is 1. The molecule has 2 atom stereocenters. The van der Waals surface area contributed by atoms with Crippen LogP contribution in [0.25, 0.3) is 0 Å². The molecule has 3 aromatic carbocycles. The SMILES string of the molecule is CCN(CC)c1cc(C(=O)NC(Cc2ccccc2)C(O)CNCc2cccc(C(F)(F)F)c2)cc(N2CCCCS2(O)O)c1C. The molecule has 252 valence electrons. The van der Waals surface area contributed by atoms with Crippen LogP contribution in [0.2, 0.25) is 0 Å². The molecule has 46 heavy (non-hydrogen) atoms. The number of hydrogen-bond acceptors (Lipinski definition) is 7. The van der Waals surface area contributed by atoms with Crippen molar-refractivity contribution in [1.29, 1.82) is 0 Å². The van der Waals surface area contributed by atoms with Crippen molar-refractivity contribution in [3.05, 3.63) is 94.5 Å². The van der Waals surface area contributed by atoms with Gasteiger partial charge >= 0.3 is 6.18 Å². The van der Waals surface area contributed by atoms with Gasteiger partial charge in [-0.1, -0.05) is 48.5 Å². The van der Waals surface area contributed by atoms with E-state index in [0.29, 0.717) is 49.3 Å². The van der Waals surface area contributed by atoms with E-state index in [0.717, 1.165) is 35.4 Å². The number of hydrogen-bond donors (Lipinski definition) is 5. The Labute approximate surface area is 271 Å². The third-order valence-electron chi connectivity index (χ3n) is 8.39. The zero-order chi connectivity index (χ0) is 33.5. The van der Waals surface area contributed by atoms with Gasteiger partial charge in [-0.3, -0.25) is 18.2 Å². The highest BCUT2D eigenvalue weighted by molar-refractivity contribution is 8.25. The number of aliphatic hydroxyl groups is 1. The molecule has 0 spiro atoms. The van der Waals surface area contributed by atoms with Crippen LogP contribution in [0, 0.1) is 6.92 Å². The maximum atomic E-state index is 13.9. The van der Waals surface area contributed by atoms with Crippen molar-refractivity contribution in [2.45, 2.75) is 64.9 Å². The van der Waals surface area contributed by atoms with E-state index in [1.54, 1.807) is 22.5 Å². The topological polar surface area (TPSA) is 108 Å². The Morgan fingerprint density at radius 2 is 1.70 bits per heavy atom. The molecule has 0 saturated carbocycles. The van der Waals surface area contributed by atoms with Crippen LogP contribution in [0.3, 0.4) is 0 Å². The van der Waals surface area contributed by atoms with E-state index in [-0.39, 0.29) is 18.8 Å².